The van der Waals surface area contributed by atoms with Crippen LogP contribution in [0.15, 0.2) is 48.5 Å². The van der Waals surface area contributed by atoms with Crippen molar-refractivity contribution in [3.63, 3.8) is 0 Å². The molecule has 0 atom stereocenters. The summed E-state index contributed by atoms with van der Waals surface area (Å²) in [6, 6.07) is 15.1. The molecule has 122 valence electrons. The number of carbonyl (C=O) groups excluding carboxylic acids is 1. The molecular weight excluding hydrogens is 290 g/mol. The highest BCUT2D eigenvalue weighted by molar-refractivity contribution is 5.77. The Hall–Kier alpha value is -2.49. The molecule has 0 saturated heterocycles. The highest BCUT2D eigenvalue weighted by Gasteiger charge is 2.04. The van der Waals surface area contributed by atoms with Gasteiger partial charge in [-0.05, 0) is 49.2 Å². The van der Waals surface area contributed by atoms with Gasteiger partial charge in [0.15, 0.2) is 6.61 Å². The van der Waals surface area contributed by atoms with E-state index in [1.54, 1.807) is 12.1 Å². The largest absolute Gasteiger partial charge is 0.484 e. The van der Waals surface area contributed by atoms with E-state index in [1.807, 2.05) is 57.2 Å². The number of amides is 1. The fourth-order valence-electron chi connectivity index (χ4n) is 1.86. The minimum absolute atomic E-state index is 0.0187. The molecule has 2 aromatic carbocycles. The quantitative estimate of drug-likeness (QED) is 0.842. The van der Waals surface area contributed by atoms with E-state index in [0.29, 0.717) is 18.2 Å². The molecule has 4 heteroatoms. The van der Waals surface area contributed by atoms with Crippen molar-refractivity contribution >= 4 is 5.91 Å². The van der Waals surface area contributed by atoms with Crippen molar-refractivity contribution in [2.45, 2.75) is 20.8 Å². The van der Waals surface area contributed by atoms with Crippen LogP contribution in [0.1, 0.15) is 19.4 Å². The van der Waals surface area contributed by atoms with Gasteiger partial charge in [0.2, 0.25) is 0 Å². The lowest BCUT2D eigenvalue weighted by atomic mass is 10.2. The third kappa shape index (κ3) is 6.02. The lowest BCUT2D eigenvalue weighted by molar-refractivity contribution is -0.123. The number of hydrogen-bond acceptors (Lipinski definition) is 3. The van der Waals surface area contributed by atoms with Crippen molar-refractivity contribution in [1.29, 1.82) is 0 Å². The van der Waals surface area contributed by atoms with E-state index in [1.165, 1.54) is 5.56 Å². The molecule has 0 fully saturated rings. The number of rotatable bonds is 7. The Morgan fingerprint density at radius 2 is 1.48 bits per heavy atom. The maximum absolute atomic E-state index is 11.6. The zero-order chi connectivity index (χ0) is 16.7. The molecule has 0 saturated carbocycles. The molecule has 1 amide bonds. The Morgan fingerprint density at radius 1 is 0.957 bits per heavy atom. The van der Waals surface area contributed by atoms with Gasteiger partial charge in [-0.15, -0.1) is 0 Å². The summed E-state index contributed by atoms with van der Waals surface area (Å²) in [6.45, 7) is 6.81. The highest BCUT2D eigenvalue weighted by Crippen LogP contribution is 2.24. The molecule has 2 rings (SSSR count). The van der Waals surface area contributed by atoms with Crippen molar-refractivity contribution in [3.05, 3.63) is 54.1 Å². The van der Waals surface area contributed by atoms with Gasteiger partial charge in [0.05, 0.1) is 0 Å². The fraction of sp³-hybridized carbons (Fsp3) is 0.316. The topological polar surface area (TPSA) is 47.6 Å². The third-order valence-corrected chi connectivity index (χ3v) is 3.16. The molecule has 0 aliphatic rings. The SMILES string of the molecule is Cc1ccc(Oc2ccc(OCC(=O)NCC(C)C)cc2)cc1. The smallest absolute Gasteiger partial charge is 0.257 e. The zero-order valence-corrected chi connectivity index (χ0v) is 13.8. The van der Waals surface area contributed by atoms with Crippen LogP contribution in [0.3, 0.4) is 0 Å². The molecule has 23 heavy (non-hydrogen) atoms. The molecule has 0 aliphatic carbocycles. The van der Waals surface area contributed by atoms with E-state index in [0.717, 1.165) is 11.5 Å². The predicted octanol–water partition coefficient (Wildman–Crippen LogP) is 3.94. The molecule has 0 spiro atoms. The highest BCUT2D eigenvalue weighted by atomic mass is 16.5. The fourth-order valence-corrected chi connectivity index (χ4v) is 1.86. The molecule has 0 radical (unpaired) electrons. The van der Waals surface area contributed by atoms with Gasteiger partial charge in [-0.1, -0.05) is 31.5 Å². The van der Waals surface area contributed by atoms with Crippen LogP contribution in [-0.2, 0) is 4.79 Å². The van der Waals surface area contributed by atoms with Crippen LogP contribution in [0.2, 0.25) is 0 Å². The van der Waals surface area contributed by atoms with E-state index in [-0.39, 0.29) is 12.5 Å². The summed E-state index contributed by atoms with van der Waals surface area (Å²) in [7, 11) is 0. The predicted molar refractivity (Wildman–Crippen MR) is 91.0 cm³/mol. The monoisotopic (exact) mass is 313 g/mol. The normalized spacial score (nSPS) is 10.4. The number of nitrogens with one attached hydrogen (secondary N) is 1. The molecule has 0 unspecified atom stereocenters. The van der Waals surface area contributed by atoms with Gasteiger partial charge in [-0.2, -0.15) is 0 Å². The van der Waals surface area contributed by atoms with Crippen molar-refractivity contribution in [2.75, 3.05) is 13.2 Å². The van der Waals surface area contributed by atoms with Gasteiger partial charge < -0.3 is 14.8 Å². The van der Waals surface area contributed by atoms with Crippen molar-refractivity contribution < 1.29 is 14.3 Å². The van der Waals surface area contributed by atoms with Gasteiger partial charge in [-0.25, -0.2) is 0 Å². The standard InChI is InChI=1S/C19H23NO3/c1-14(2)12-20-19(21)13-22-16-8-10-18(11-9-16)23-17-6-4-15(3)5-7-17/h4-11,14H,12-13H2,1-3H3,(H,20,21). The molecular formula is C19H23NO3. The molecule has 2 aromatic rings. The minimum Gasteiger partial charge on any atom is -0.484 e. The summed E-state index contributed by atoms with van der Waals surface area (Å²) in [5.41, 5.74) is 1.19. The average molecular weight is 313 g/mol. The summed E-state index contributed by atoms with van der Waals surface area (Å²) in [6.07, 6.45) is 0. The van der Waals surface area contributed by atoms with E-state index in [4.69, 9.17) is 9.47 Å². The van der Waals surface area contributed by atoms with Gasteiger partial charge in [-0.3, -0.25) is 4.79 Å². The first-order valence-electron chi connectivity index (χ1n) is 7.77. The maximum atomic E-state index is 11.6. The second-order valence-corrected chi connectivity index (χ2v) is 5.87. The molecule has 0 heterocycles. The Labute approximate surface area is 137 Å². The molecule has 0 aromatic heterocycles. The van der Waals surface area contributed by atoms with E-state index >= 15 is 0 Å². The molecule has 1 N–H and O–H groups in total. The van der Waals surface area contributed by atoms with Crippen LogP contribution in [0, 0.1) is 12.8 Å². The van der Waals surface area contributed by atoms with Crippen LogP contribution >= 0.6 is 0 Å². The number of ether oxygens (including phenoxy) is 2. The second kappa shape index (κ2) is 8.22. The summed E-state index contributed by atoms with van der Waals surface area (Å²) in [5.74, 6) is 2.47. The van der Waals surface area contributed by atoms with E-state index < -0.39 is 0 Å². The van der Waals surface area contributed by atoms with E-state index in [2.05, 4.69) is 5.32 Å². The third-order valence-electron chi connectivity index (χ3n) is 3.16. The minimum atomic E-state index is -0.112. The van der Waals surface area contributed by atoms with Gasteiger partial charge in [0, 0.05) is 6.54 Å². The number of aryl methyl sites for hydroxylation is 1. The summed E-state index contributed by atoms with van der Waals surface area (Å²) in [5, 5.41) is 2.81. The van der Waals surface area contributed by atoms with Crippen molar-refractivity contribution in [2.24, 2.45) is 5.92 Å². The molecule has 0 aliphatic heterocycles. The Bertz CT molecular complexity index is 618. The van der Waals surface area contributed by atoms with Gasteiger partial charge in [0.25, 0.3) is 5.91 Å². The van der Waals surface area contributed by atoms with Gasteiger partial charge in [0.1, 0.15) is 17.2 Å². The lowest BCUT2D eigenvalue weighted by Gasteiger charge is -2.10. The Kier molecular flexibility index (Phi) is 6.03. The zero-order valence-electron chi connectivity index (χ0n) is 13.8. The first kappa shape index (κ1) is 16.9. The summed E-state index contributed by atoms with van der Waals surface area (Å²) >= 11 is 0. The van der Waals surface area contributed by atoms with Crippen molar-refractivity contribution in [3.8, 4) is 17.2 Å². The van der Waals surface area contributed by atoms with Gasteiger partial charge >= 0.3 is 0 Å². The Morgan fingerprint density at radius 3 is 2.04 bits per heavy atom. The first-order valence-corrected chi connectivity index (χ1v) is 7.77. The van der Waals surface area contributed by atoms with Crippen LogP contribution in [0.25, 0.3) is 0 Å². The van der Waals surface area contributed by atoms with E-state index in [9.17, 15) is 4.79 Å². The van der Waals surface area contributed by atoms with Crippen molar-refractivity contribution in [1.82, 2.24) is 5.32 Å². The Balaban J connectivity index is 1.82. The number of hydrogen-bond donors (Lipinski definition) is 1. The number of carbonyl (C=O) groups is 1. The molecule has 4 nitrogen and oxygen atoms in total. The summed E-state index contributed by atoms with van der Waals surface area (Å²) < 4.78 is 11.2. The second-order valence-electron chi connectivity index (χ2n) is 5.87. The lowest BCUT2D eigenvalue weighted by Crippen LogP contribution is -2.31. The van der Waals surface area contributed by atoms with Crippen LogP contribution < -0.4 is 14.8 Å². The maximum Gasteiger partial charge on any atom is 0.257 e. The summed E-state index contributed by atoms with van der Waals surface area (Å²) in [4.78, 5) is 11.6. The average Bonchev–Trinajstić information content (AvgIpc) is 2.54. The van der Waals surface area contributed by atoms with Crippen LogP contribution in [0.5, 0.6) is 17.2 Å². The molecule has 0 bridgehead atoms. The van der Waals surface area contributed by atoms with Crippen LogP contribution in [0.4, 0.5) is 0 Å². The number of benzene rings is 2. The first-order chi connectivity index (χ1) is 11.0. The van der Waals surface area contributed by atoms with Crippen LogP contribution in [-0.4, -0.2) is 19.1 Å².